The zero-order valence-corrected chi connectivity index (χ0v) is 20.8. The molecule has 0 radical (unpaired) electrons. The number of carbonyl (C=O) groups is 2. The Hall–Kier alpha value is -2.75. The number of aliphatic hydroxyl groups excluding tert-OH is 1. The number of nitrogens with one attached hydrogen (secondary N) is 2. The van der Waals surface area contributed by atoms with Gasteiger partial charge in [0, 0.05) is 37.8 Å². The first kappa shape index (κ1) is 25.3. The third-order valence-electron chi connectivity index (χ3n) is 6.81. The monoisotopic (exact) mass is 483 g/mol. The third kappa shape index (κ3) is 5.58. The number of hydrogen-bond donors (Lipinski definition) is 3. The van der Waals surface area contributed by atoms with Gasteiger partial charge in [-0.25, -0.2) is 4.79 Å². The molecule has 3 amide bonds. The van der Waals surface area contributed by atoms with Crippen LogP contribution in [0.2, 0.25) is 0 Å². The minimum absolute atomic E-state index is 0.0190. The lowest BCUT2D eigenvalue weighted by Gasteiger charge is -2.51. The van der Waals surface area contributed by atoms with Crippen LogP contribution in [0, 0.1) is 5.92 Å². The van der Waals surface area contributed by atoms with Crippen LogP contribution >= 0.6 is 0 Å². The molecule has 3 N–H and O–H groups in total. The number of nitrogens with zero attached hydrogens (tertiary/aromatic N) is 3. The summed E-state index contributed by atoms with van der Waals surface area (Å²) in [5.41, 5.74) is 0.870. The van der Waals surface area contributed by atoms with E-state index in [4.69, 9.17) is 9.84 Å². The summed E-state index contributed by atoms with van der Waals surface area (Å²) in [5.74, 6) is 0.803. The van der Waals surface area contributed by atoms with Gasteiger partial charge in [-0.2, -0.15) is 0 Å². The van der Waals surface area contributed by atoms with Crippen molar-refractivity contribution in [3.05, 3.63) is 36.5 Å². The van der Waals surface area contributed by atoms with Crippen molar-refractivity contribution < 1.29 is 19.4 Å². The Balaban J connectivity index is 1.55. The van der Waals surface area contributed by atoms with E-state index in [1.165, 1.54) is 4.90 Å². The van der Waals surface area contributed by atoms with Crippen molar-refractivity contribution in [3.63, 3.8) is 0 Å². The molecule has 2 fully saturated rings. The fourth-order valence-electron chi connectivity index (χ4n) is 5.02. The highest BCUT2D eigenvalue weighted by molar-refractivity contribution is 6.00. The van der Waals surface area contributed by atoms with Gasteiger partial charge < -0.3 is 14.7 Å². The van der Waals surface area contributed by atoms with Crippen LogP contribution in [0.25, 0.3) is 10.9 Å². The van der Waals surface area contributed by atoms with E-state index >= 15 is 0 Å². The van der Waals surface area contributed by atoms with Gasteiger partial charge in [-0.1, -0.05) is 38.8 Å². The average molecular weight is 484 g/mol. The number of urea groups is 1. The number of piperazine rings is 1. The van der Waals surface area contributed by atoms with E-state index in [1.54, 1.807) is 18.1 Å². The van der Waals surface area contributed by atoms with Crippen molar-refractivity contribution in [2.45, 2.75) is 63.8 Å². The zero-order chi connectivity index (χ0) is 24.9. The molecule has 0 spiro atoms. The number of para-hydroxylation sites is 1. The van der Waals surface area contributed by atoms with Gasteiger partial charge in [0.1, 0.15) is 24.6 Å². The Morgan fingerprint density at radius 3 is 2.66 bits per heavy atom. The van der Waals surface area contributed by atoms with Gasteiger partial charge in [0.25, 0.3) is 5.91 Å². The molecule has 2 aliphatic rings. The summed E-state index contributed by atoms with van der Waals surface area (Å²) < 4.78 is 6.31. The summed E-state index contributed by atoms with van der Waals surface area (Å²) in [6.07, 6.45) is 4.73. The second-order valence-corrected chi connectivity index (χ2v) is 9.91. The van der Waals surface area contributed by atoms with Gasteiger partial charge in [-0.3, -0.25) is 25.3 Å². The molecular weight excluding hydrogens is 446 g/mol. The molecule has 1 aromatic heterocycles. The summed E-state index contributed by atoms with van der Waals surface area (Å²) in [6.45, 7) is 5.24. The van der Waals surface area contributed by atoms with E-state index < -0.39 is 12.2 Å². The van der Waals surface area contributed by atoms with Gasteiger partial charge in [0.05, 0.1) is 11.6 Å². The average Bonchev–Trinajstić information content (AvgIpc) is 2.86. The Morgan fingerprint density at radius 2 is 1.89 bits per heavy atom. The molecule has 2 aromatic rings. The molecule has 4 atom stereocenters. The smallest absolute Gasteiger partial charge is 0.327 e. The maximum absolute atomic E-state index is 13.1. The van der Waals surface area contributed by atoms with Crippen LogP contribution in [-0.2, 0) is 4.79 Å². The summed E-state index contributed by atoms with van der Waals surface area (Å²) in [6, 6.07) is 8.80. The van der Waals surface area contributed by atoms with Crippen LogP contribution in [0.1, 0.15) is 39.5 Å². The number of pyridine rings is 1. The van der Waals surface area contributed by atoms with Crippen LogP contribution < -0.4 is 15.4 Å². The van der Waals surface area contributed by atoms with Crippen LogP contribution in [0.3, 0.4) is 0 Å². The lowest BCUT2D eigenvalue weighted by atomic mass is 9.93. The fraction of sp³-hybridized carbons (Fsp3) is 0.577. The molecule has 0 saturated carbocycles. The maximum atomic E-state index is 13.1. The molecule has 1 aromatic carbocycles. The molecule has 0 bridgehead atoms. The van der Waals surface area contributed by atoms with Crippen molar-refractivity contribution in [1.29, 1.82) is 0 Å². The molecule has 0 aliphatic carbocycles. The number of imide groups is 1. The Labute approximate surface area is 206 Å². The Morgan fingerprint density at radius 1 is 1.09 bits per heavy atom. The predicted molar refractivity (Wildman–Crippen MR) is 134 cm³/mol. The standard InChI is InChI=1S/C26H37N5O4/c1-17(2)15-31-24-23(25(33)30(3)26(31)34)28-20(11-5-4-8-14-32)21(29-24)16-35-22-12-13-27-19-10-7-6-9-18(19)22/h6-7,9-10,12-13,17,20-21,23-24,28-29,32H,4-5,8,11,14-16H2,1-3H3. The number of rotatable bonds is 10. The lowest BCUT2D eigenvalue weighted by molar-refractivity contribution is -0.138. The largest absolute Gasteiger partial charge is 0.491 e. The van der Waals surface area contributed by atoms with E-state index in [9.17, 15) is 9.59 Å². The normalized spacial score (nSPS) is 24.8. The number of benzene rings is 1. The zero-order valence-electron chi connectivity index (χ0n) is 20.8. The molecule has 4 rings (SSSR count). The molecular formula is C26H37N5O4. The van der Waals surface area contributed by atoms with Gasteiger partial charge in [-0.15, -0.1) is 0 Å². The van der Waals surface area contributed by atoms with Crippen molar-refractivity contribution in [2.24, 2.45) is 5.92 Å². The number of aromatic nitrogens is 1. The number of hydrogen-bond acceptors (Lipinski definition) is 7. The quantitative estimate of drug-likeness (QED) is 0.445. The molecule has 2 aliphatic heterocycles. The summed E-state index contributed by atoms with van der Waals surface area (Å²) in [5, 5.41) is 17.3. The number of amides is 3. The van der Waals surface area contributed by atoms with Crippen molar-refractivity contribution >= 4 is 22.8 Å². The summed E-state index contributed by atoms with van der Waals surface area (Å²) in [7, 11) is 1.55. The molecule has 2 saturated heterocycles. The molecule has 9 nitrogen and oxygen atoms in total. The van der Waals surface area contributed by atoms with Gasteiger partial charge >= 0.3 is 6.03 Å². The van der Waals surface area contributed by atoms with E-state index in [2.05, 4.69) is 29.5 Å². The highest BCUT2D eigenvalue weighted by atomic mass is 16.5. The summed E-state index contributed by atoms with van der Waals surface area (Å²) >= 11 is 0. The fourth-order valence-corrected chi connectivity index (χ4v) is 5.02. The Bertz CT molecular complexity index is 1030. The SMILES string of the molecule is CC(C)CN1C(=O)N(C)C(=O)C2NC(CCCCCO)C(COc3ccnc4ccccc34)NC21. The molecule has 9 heteroatoms. The third-order valence-corrected chi connectivity index (χ3v) is 6.81. The Kier molecular flexibility index (Phi) is 8.20. The van der Waals surface area contributed by atoms with Gasteiger partial charge in [0.2, 0.25) is 0 Å². The number of carbonyl (C=O) groups excluding carboxylic acids is 2. The first-order valence-electron chi connectivity index (χ1n) is 12.6. The van der Waals surface area contributed by atoms with Crippen LogP contribution in [-0.4, -0.2) is 82.9 Å². The van der Waals surface area contributed by atoms with Crippen LogP contribution in [0.4, 0.5) is 4.79 Å². The number of aliphatic hydroxyl groups is 1. The number of unbranched alkanes of at least 4 members (excludes halogenated alkanes) is 2. The first-order valence-corrected chi connectivity index (χ1v) is 12.6. The molecule has 190 valence electrons. The highest BCUT2D eigenvalue weighted by Crippen LogP contribution is 2.26. The first-order chi connectivity index (χ1) is 16.9. The molecule has 3 heterocycles. The lowest BCUT2D eigenvalue weighted by Crippen LogP contribution is -2.79. The number of fused-ring (bicyclic) bond motifs is 2. The van der Waals surface area contributed by atoms with E-state index in [-0.39, 0.29) is 36.5 Å². The van der Waals surface area contributed by atoms with Crippen molar-refractivity contribution in [3.8, 4) is 5.75 Å². The van der Waals surface area contributed by atoms with E-state index in [1.807, 2.05) is 30.3 Å². The maximum Gasteiger partial charge on any atom is 0.327 e. The second kappa shape index (κ2) is 11.3. The molecule has 4 unspecified atom stereocenters. The summed E-state index contributed by atoms with van der Waals surface area (Å²) in [4.78, 5) is 33.4. The van der Waals surface area contributed by atoms with Crippen molar-refractivity contribution in [1.82, 2.24) is 25.4 Å². The number of likely N-dealkylation sites (N-methyl/N-ethyl adjacent to an activating group) is 1. The number of ether oxygens (including phenoxy) is 1. The van der Waals surface area contributed by atoms with Crippen LogP contribution in [0.15, 0.2) is 36.5 Å². The minimum atomic E-state index is -0.516. The van der Waals surface area contributed by atoms with Gasteiger partial charge in [-0.05, 0) is 37.0 Å². The van der Waals surface area contributed by atoms with E-state index in [0.717, 1.165) is 42.3 Å². The highest BCUT2D eigenvalue weighted by Gasteiger charge is 2.50. The van der Waals surface area contributed by atoms with Gasteiger partial charge in [0.15, 0.2) is 0 Å². The predicted octanol–water partition coefficient (Wildman–Crippen LogP) is 2.34. The minimum Gasteiger partial charge on any atom is -0.491 e. The molecule has 35 heavy (non-hydrogen) atoms. The topological polar surface area (TPSA) is 107 Å². The van der Waals surface area contributed by atoms with Crippen molar-refractivity contribution in [2.75, 3.05) is 26.8 Å². The van der Waals surface area contributed by atoms with Crippen LogP contribution in [0.5, 0.6) is 5.75 Å². The van der Waals surface area contributed by atoms with E-state index in [0.29, 0.717) is 13.2 Å². The second-order valence-electron chi connectivity index (χ2n) is 9.91.